The predicted octanol–water partition coefficient (Wildman–Crippen LogP) is 2.78. The van der Waals surface area contributed by atoms with Crippen LogP contribution in [-0.4, -0.2) is 50.8 Å². The first-order valence-electron chi connectivity index (χ1n) is 8.26. The zero-order valence-electron chi connectivity index (χ0n) is 14.2. The third kappa shape index (κ3) is 3.68. The van der Waals surface area contributed by atoms with Gasteiger partial charge in [-0.05, 0) is 41.5 Å². The van der Waals surface area contributed by atoms with Crippen LogP contribution < -0.4 is 4.74 Å². The van der Waals surface area contributed by atoms with Crippen molar-refractivity contribution < 1.29 is 19.0 Å². The summed E-state index contributed by atoms with van der Waals surface area (Å²) < 4.78 is 16.4. The minimum Gasteiger partial charge on any atom is -0.497 e. The number of ether oxygens (including phenoxy) is 3. The second-order valence-electron chi connectivity index (χ2n) is 5.81. The summed E-state index contributed by atoms with van der Waals surface area (Å²) >= 11 is 0. The number of rotatable bonds is 5. The van der Waals surface area contributed by atoms with Crippen LogP contribution in [0.1, 0.15) is 18.6 Å². The van der Waals surface area contributed by atoms with E-state index in [1.807, 2.05) is 30.0 Å². The molecule has 0 spiro atoms. The average molecular weight is 329 g/mol. The molecule has 1 aliphatic rings. The van der Waals surface area contributed by atoms with E-state index in [1.54, 1.807) is 7.11 Å². The molecule has 0 N–H and O–H groups in total. The summed E-state index contributed by atoms with van der Waals surface area (Å²) in [5, 5.41) is 2.26. The molecule has 1 saturated heterocycles. The molecule has 0 radical (unpaired) electrons. The molecule has 5 nitrogen and oxygen atoms in total. The van der Waals surface area contributed by atoms with E-state index in [-0.39, 0.29) is 18.6 Å². The second-order valence-corrected chi connectivity index (χ2v) is 5.81. The summed E-state index contributed by atoms with van der Waals surface area (Å²) in [5.41, 5.74) is 1.08. The van der Waals surface area contributed by atoms with Gasteiger partial charge in [-0.2, -0.15) is 0 Å². The number of carbonyl (C=O) groups excluding carboxylic acids is 1. The van der Waals surface area contributed by atoms with Crippen LogP contribution in [0.25, 0.3) is 10.8 Å². The first-order valence-corrected chi connectivity index (χ1v) is 8.26. The molecule has 1 unspecified atom stereocenters. The van der Waals surface area contributed by atoms with E-state index in [0.717, 1.165) is 22.1 Å². The average Bonchev–Trinajstić information content (AvgIpc) is 2.65. The highest BCUT2D eigenvalue weighted by atomic mass is 16.5. The molecule has 0 bridgehead atoms. The summed E-state index contributed by atoms with van der Waals surface area (Å²) in [6.07, 6.45) is -0.101. The fourth-order valence-corrected chi connectivity index (χ4v) is 2.93. The number of hydrogen-bond acceptors (Lipinski definition) is 4. The molecule has 1 heterocycles. The van der Waals surface area contributed by atoms with Gasteiger partial charge in [-0.15, -0.1) is 0 Å². The topological polar surface area (TPSA) is 48.0 Å². The number of hydrogen-bond donors (Lipinski definition) is 0. The Morgan fingerprint density at radius 2 is 2.04 bits per heavy atom. The monoisotopic (exact) mass is 329 g/mol. The van der Waals surface area contributed by atoms with Gasteiger partial charge >= 0.3 is 0 Å². The Morgan fingerprint density at radius 3 is 2.83 bits per heavy atom. The quantitative estimate of drug-likeness (QED) is 0.846. The lowest BCUT2D eigenvalue weighted by Crippen LogP contribution is -2.43. The van der Waals surface area contributed by atoms with Crippen LogP contribution in [0.3, 0.4) is 0 Å². The number of carbonyl (C=O) groups is 1. The van der Waals surface area contributed by atoms with Crippen molar-refractivity contribution in [1.29, 1.82) is 0 Å². The summed E-state index contributed by atoms with van der Waals surface area (Å²) in [7, 11) is 1.67. The number of benzene rings is 2. The number of morpholine rings is 1. The highest BCUT2D eigenvalue weighted by Crippen LogP contribution is 2.27. The smallest absolute Gasteiger partial charge is 0.248 e. The van der Waals surface area contributed by atoms with E-state index < -0.39 is 0 Å². The molecule has 5 heteroatoms. The van der Waals surface area contributed by atoms with Crippen molar-refractivity contribution >= 4 is 16.7 Å². The van der Waals surface area contributed by atoms with E-state index in [2.05, 4.69) is 18.2 Å². The third-order valence-corrected chi connectivity index (χ3v) is 4.29. The van der Waals surface area contributed by atoms with Crippen molar-refractivity contribution in [3.05, 3.63) is 42.0 Å². The van der Waals surface area contributed by atoms with Crippen LogP contribution in [-0.2, 0) is 14.3 Å². The highest BCUT2D eigenvalue weighted by molar-refractivity contribution is 5.84. The first-order chi connectivity index (χ1) is 11.7. The number of nitrogens with zero attached hydrogens (tertiary/aromatic N) is 1. The van der Waals surface area contributed by atoms with Crippen LogP contribution in [0, 0.1) is 0 Å². The lowest BCUT2D eigenvalue weighted by atomic mass is 10.0. The molecule has 24 heavy (non-hydrogen) atoms. The fourth-order valence-electron chi connectivity index (χ4n) is 2.93. The van der Waals surface area contributed by atoms with E-state index in [1.165, 1.54) is 0 Å². The number of methoxy groups -OCH3 is 1. The van der Waals surface area contributed by atoms with Gasteiger partial charge in [0.05, 0.1) is 20.3 Å². The maximum Gasteiger partial charge on any atom is 0.248 e. The van der Waals surface area contributed by atoms with Crippen LogP contribution in [0.2, 0.25) is 0 Å². The van der Waals surface area contributed by atoms with E-state index in [0.29, 0.717) is 26.3 Å². The summed E-state index contributed by atoms with van der Waals surface area (Å²) in [4.78, 5) is 14.0. The Balaban J connectivity index is 1.75. The van der Waals surface area contributed by atoms with Gasteiger partial charge in [0.2, 0.25) is 5.91 Å². The largest absolute Gasteiger partial charge is 0.497 e. The summed E-state index contributed by atoms with van der Waals surface area (Å²) in [6, 6.07) is 12.2. The van der Waals surface area contributed by atoms with E-state index in [4.69, 9.17) is 14.2 Å². The van der Waals surface area contributed by atoms with Crippen molar-refractivity contribution in [3.63, 3.8) is 0 Å². The standard InChI is InChI=1S/C19H23NO4/c1-3-23-13-19(21)20-8-9-24-18(12-20)16-5-4-15-11-17(22-2)7-6-14(15)10-16/h4-7,10-11,18H,3,8-9,12-13H2,1-2H3. The zero-order chi connectivity index (χ0) is 16.9. The molecule has 1 atom stereocenters. The van der Waals surface area contributed by atoms with Gasteiger partial charge in [-0.3, -0.25) is 4.79 Å². The predicted molar refractivity (Wildman–Crippen MR) is 92.3 cm³/mol. The van der Waals surface area contributed by atoms with Crippen molar-refractivity contribution in [1.82, 2.24) is 4.90 Å². The number of amides is 1. The Bertz CT molecular complexity index is 716. The molecule has 0 aromatic heterocycles. The van der Waals surface area contributed by atoms with Gasteiger partial charge in [0.25, 0.3) is 0 Å². The van der Waals surface area contributed by atoms with Crippen molar-refractivity contribution in [3.8, 4) is 5.75 Å². The van der Waals surface area contributed by atoms with Gasteiger partial charge < -0.3 is 19.1 Å². The Labute approximate surface area is 142 Å². The normalized spacial score (nSPS) is 17.9. The summed E-state index contributed by atoms with van der Waals surface area (Å²) in [5.74, 6) is 0.868. The molecule has 1 amide bonds. The summed E-state index contributed by atoms with van der Waals surface area (Å²) in [6.45, 7) is 4.30. The maximum absolute atomic E-state index is 12.1. The van der Waals surface area contributed by atoms with Crippen molar-refractivity contribution in [2.75, 3.05) is 40.0 Å². The van der Waals surface area contributed by atoms with Gasteiger partial charge in [0.15, 0.2) is 0 Å². The van der Waals surface area contributed by atoms with E-state index in [9.17, 15) is 4.79 Å². The van der Waals surface area contributed by atoms with Gasteiger partial charge in [-0.25, -0.2) is 0 Å². The van der Waals surface area contributed by atoms with E-state index >= 15 is 0 Å². The molecule has 128 valence electrons. The molecule has 0 saturated carbocycles. The third-order valence-electron chi connectivity index (χ3n) is 4.29. The number of fused-ring (bicyclic) bond motifs is 1. The van der Waals surface area contributed by atoms with Crippen molar-refractivity contribution in [2.24, 2.45) is 0 Å². The molecule has 3 rings (SSSR count). The SMILES string of the molecule is CCOCC(=O)N1CCOC(c2ccc3cc(OC)ccc3c2)C1. The molecule has 1 aliphatic heterocycles. The second kappa shape index (κ2) is 7.64. The van der Waals surface area contributed by atoms with Gasteiger partial charge in [-0.1, -0.05) is 18.2 Å². The first kappa shape index (κ1) is 16.7. The molecular formula is C19H23NO4. The maximum atomic E-state index is 12.1. The van der Waals surface area contributed by atoms with Crippen LogP contribution in [0.15, 0.2) is 36.4 Å². The van der Waals surface area contributed by atoms with Crippen molar-refractivity contribution in [2.45, 2.75) is 13.0 Å². The van der Waals surface area contributed by atoms with Gasteiger partial charge in [0, 0.05) is 13.2 Å². The van der Waals surface area contributed by atoms with Crippen LogP contribution >= 0.6 is 0 Å². The lowest BCUT2D eigenvalue weighted by molar-refractivity contribution is -0.143. The van der Waals surface area contributed by atoms with Gasteiger partial charge in [0.1, 0.15) is 18.5 Å². The lowest BCUT2D eigenvalue weighted by Gasteiger charge is -2.33. The van der Waals surface area contributed by atoms with Crippen LogP contribution in [0.5, 0.6) is 5.75 Å². The minimum atomic E-state index is -0.101. The Morgan fingerprint density at radius 1 is 1.25 bits per heavy atom. The molecule has 2 aromatic carbocycles. The molecule has 0 aliphatic carbocycles. The molecular weight excluding hydrogens is 306 g/mol. The highest BCUT2D eigenvalue weighted by Gasteiger charge is 2.25. The Hall–Kier alpha value is -2.11. The molecule has 1 fully saturated rings. The minimum absolute atomic E-state index is 0.0238. The van der Waals surface area contributed by atoms with Crippen LogP contribution in [0.4, 0.5) is 0 Å². The zero-order valence-corrected chi connectivity index (χ0v) is 14.2. The Kier molecular flexibility index (Phi) is 5.33. The fraction of sp³-hybridized carbons (Fsp3) is 0.421. The molecule has 2 aromatic rings.